The van der Waals surface area contributed by atoms with Crippen LogP contribution in [0.3, 0.4) is 0 Å². The number of nitrogens with zero attached hydrogens (tertiary/aromatic N) is 2. The monoisotopic (exact) mass is 251 g/mol. The summed E-state index contributed by atoms with van der Waals surface area (Å²) in [5, 5.41) is 13.7. The van der Waals surface area contributed by atoms with Gasteiger partial charge in [0, 0.05) is 11.5 Å². The van der Waals surface area contributed by atoms with Crippen molar-refractivity contribution in [3.05, 3.63) is 11.8 Å². The van der Waals surface area contributed by atoms with Crippen LogP contribution in [0.25, 0.3) is 0 Å². The molecule has 1 aromatic heterocycles. The van der Waals surface area contributed by atoms with Gasteiger partial charge < -0.3 is 10.8 Å². The molecule has 0 spiro atoms. The maximum absolute atomic E-state index is 9.01. The van der Waals surface area contributed by atoms with E-state index in [0.29, 0.717) is 18.3 Å². The number of aliphatic hydroxyl groups is 1. The first-order chi connectivity index (χ1) is 8.57. The lowest BCUT2D eigenvalue weighted by molar-refractivity contribution is 0.267. The van der Waals surface area contributed by atoms with Crippen LogP contribution in [-0.4, -0.2) is 21.5 Å². The fraction of sp³-hybridized carbons (Fsp3) is 0.786. The van der Waals surface area contributed by atoms with Crippen LogP contribution in [0.5, 0.6) is 0 Å². The molecule has 2 rings (SSSR count). The Hall–Kier alpha value is -1.03. The van der Waals surface area contributed by atoms with E-state index in [1.807, 2.05) is 6.07 Å². The van der Waals surface area contributed by atoms with E-state index in [0.717, 1.165) is 5.69 Å². The van der Waals surface area contributed by atoms with Crippen molar-refractivity contribution in [3.63, 3.8) is 0 Å². The van der Waals surface area contributed by atoms with Crippen molar-refractivity contribution in [2.24, 2.45) is 5.92 Å². The lowest BCUT2D eigenvalue weighted by Crippen LogP contribution is -2.25. The quantitative estimate of drug-likeness (QED) is 0.844. The molecule has 4 nitrogen and oxygen atoms in total. The summed E-state index contributed by atoms with van der Waals surface area (Å²) in [5.41, 5.74) is 7.34. The van der Waals surface area contributed by atoms with E-state index < -0.39 is 0 Å². The Kier molecular flexibility index (Phi) is 3.95. The second-order valence-corrected chi connectivity index (χ2v) is 5.99. The summed E-state index contributed by atoms with van der Waals surface area (Å²) in [4.78, 5) is 0. The topological polar surface area (TPSA) is 64.1 Å². The highest BCUT2D eigenvalue weighted by Gasteiger charge is 2.38. The molecule has 1 aliphatic carbocycles. The Labute approximate surface area is 109 Å². The van der Waals surface area contributed by atoms with Crippen molar-refractivity contribution in [1.29, 1.82) is 0 Å². The maximum atomic E-state index is 9.01. The molecule has 0 radical (unpaired) electrons. The Morgan fingerprint density at radius 3 is 2.67 bits per heavy atom. The van der Waals surface area contributed by atoms with Gasteiger partial charge in [-0.15, -0.1) is 0 Å². The molecule has 0 aliphatic heterocycles. The smallest absolute Gasteiger partial charge is 0.122 e. The number of nitrogen functional groups attached to an aromatic ring is 1. The van der Waals surface area contributed by atoms with Crippen molar-refractivity contribution in [1.82, 2.24) is 9.78 Å². The van der Waals surface area contributed by atoms with Gasteiger partial charge in [0.25, 0.3) is 0 Å². The van der Waals surface area contributed by atoms with E-state index in [2.05, 4.69) is 18.9 Å². The highest BCUT2D eigenvalue weighted by Crippen LogP contribution is 2.45. The first-order valence-electron chi connectivity index (χ1n) is 7.02. The van der Waals surface area contributed by atoms with Gasteiger partial charge in [-0.2, -0.15) is 5.10 Å². The van der Waals surface area contributed by atoms with E-state index in [1.165, 1.54) is 32.1 Å². The van der Waals surface area contributed by atoms with Crippen molar-refractivity contribution in [3.8, 4) is 0 Å². The fourth-order valence-corrected chi connectivity index (χ4v) is 3.36. The molecule has 1 fully saturated rings. The zero-order valence-electron chi connectivity index (χ0n) is 11.5. The summed E-state index contributed by atoms with van der Waals surface area (Å²) in [6.07, 6.45) is 6.21. The van der Waals surface area contributed by atoms with Gasteiger partial charge in [0.2, 0.25) is 0 Å². The standard InChI is InChI=1S/C14H25N3O/c1-11(2)10-14(5-3-4-6-14)12-9-13(15)17(16-12)7-8-18/h9,11,18H,3-8,10,15H2,1-2H3. The predicted octanol–water partition coefficient (Wildman–Crippen LogP) is 2.32. The van der Waals surface area contributed by atoms with Crippen LogP contribution in [0.15, 0.2) is 6.07 Å². The molecular weight excluding hydrogens is 226 g/mol. The molecule has 1 saturated carbocycles. The minimum Gasteiger partial charge on any atom is -0.394 e. The Morgan fingerprint density at radius 2 is 2.11 bits per heavy atom. The molecule has 4 heteroatoms. The molecule has 0 unspecified atom stereocenters. The van der Waals surface area contributed by atoms with Gasteiger partial charge >= 0.3 is 0 Å². The zero-order valence-corrected chi connectivity index (χ0v) is 11.5. The second-order valence-electron chi connectivity index (χ2n) is 5.99. The number of hydrogen-bond acceptors (Lipinski definition) is 3. The summed E-state index contributed by atoms with van der Waals surface area (Å²) in [5.74, 6) is 1.35. The highest BCUT2D eigenvalue weighted by molar-refractivity contribution is 5.35. The van der Waals surface area contributed by atoms with Crippen molar-refractivity contribution in [2.45, 2.75) is 57.9 Å². The lowest BCUT2D eigenvalue weighted by atomic mass is 9.76. The lowest BCUT2D eigenvalue weighted by Gasteiger charge is -2.29. The maximum Gasteiger partial charge on any atom is 0.122 e. The molecule has 1 aromatic rings. The fourth-order valence-electron chi connectivity index (χ4n) is 3.36. The van der Waals surface area contributed by atoms with Crippen molar-refractivity contribution in [2.75, 3.05) is 12.3 Å². The van der Waals surface area contributed by atoms with Gasteiger partial charge in [-0.25, -0.2) is 4.68 Å². The minimum atomic E-state index is 0.0858. The molecule has 0 bridgehead atoms. The van der Waals surface area contributed by atoms with Crippen LogP contribution in [0.1, 0.15) is 51.6 Å². The summed E-state index contributed by atoms with van der Waals surface area (Å²) in [6.45, 7) is 5.12. The van der Waals surface area contributed by atoms with Gasteiger partial charge in [0.05, 0.1) is 18.8 Å². The average molecular weight is 251 g/mol. The predicted molar refractivity (Wildman–Crippen MR) is 73.3 cm³/mol. The van der Waals surface area contributed by atoms with Gasteiger partial charge in [-0.05, 0) is 25.2 Å². The number of rotatable bonds is 5. The number of aromatic nitrogens is 2. The first-order valence-corrected chi connectivity index (χ1v) is 7.02. The number of anilines is 1. The summed E-state index contributed by atoms with van der Waals surface area (Å²) in [7, 11) is 0. The Balaban J connectivity index is 2.28. The van der Waals surface area contributed by atoms with E-state index in [1.54, 1.807) is 4.68 Å². The third-order valence-electron chi connectivity index (χ3n) is 4.03. The van der Waals surface area contributed by atoms with Gasteiger partial charge in [0.15, 0.2) is 0 Å². The first kappa shape index (κ1) is 13.4. The van der Waals surface area contributed by atoms with E-state index in [9.17, 15) is 0 Å². The third kappa shape index (κ3) is 2.53. The molecule has 1 heterocycles. The van der Waals surface area contributed by atoms with Crippen molar-refractivity contribution >= 4 is 5.82 Å². The van der Waals surface area contributed by atoms with Crippen molar-refractivity contribution < 1.29 is 5.11 Å². The molecule has 18 heavy (non-hydrogen) atoms. The SMILES string of the molecule is CC(C)CC1(c2cc(N)n(CCO)n2)CCCC1. The molecule has 0 atom stereocenters. The Morgan fingerprint density at radius 1 is 1.44 bits per heavy atom. The van der Waals surface area contributed by atoms with Crippen LogP contribution >= 0.6 is 0 Å². The van der Waals surface area contributed by atoms with Crippen LogP contribution in [0.4, 0.5) is 5.82 Å². The molecule has 0 amide bonds. The van der Waals surface area contributed by atoms with Crippen LogP contribution in [0.2, 0.25) is 0 Å². The molecular formula is C14H25N3O. The molecule has 0 saturated heterocycles. The number of nitrogens with two attached hydrogens (primary N) is 1. The van der Waals surface area contributed by atoms with Gasteiger partial charge in [-0.1, -0.05) is 26.7 Å². The highest BCUT2D eigenvalue weighted by atomic mass is 16.3. The van der Waals surface area contributed by atoms with Gasteiger partial charge in [-0.3, -0.25) is 0 Å². The zero-order chi connectivity index (χ0) is 13.2. The molecule has 102 valence electrons. The number of aliphatic hydroxyl groups excluding tert-OH is 1. The van der Waals surface area contributed by atoms with E-state index in [-0.39, 0.29) is 12.0 Å². The summed E-state index contributed by atoms with van der Waals surface area (Å²) in [6, 6.07) is 2.02. The summed E-state index contributed by atoms with van der Waals surface area (Å²) >= 11 is 0. The molecule has 3 N–H and O–H groups in total. The average Bonchev–Trinajstić information content (AvgIpc) is 2.88. The van der Waals surface area contributed by atoms with E-state index in [4.69, 9.17) is 10.8 Å². The van der Waals surface area contributed by atoms with Crippen LogP contribution < -0.4 is 5.73 Å². The third-order valence-corrected chi connectivity index (χ3v) is 4.03. The minimum absolute atomic E-state index is 0.0858. The van der Waals surface area contributed by atoms with Crippen LogP contribution in [-0.2, 0) is 12.0 Å². The Bertz CT molecular complexity index is 392. The van der Waals surface area contributed by atoms with Gasteiger partial charge in [0.1, 0.15) is 5.82 Å². The van der Waals surface area contributed by atoms with Crippen LogP contribution in [0, 0.1) is 5.92 Å². The number of hydrogen-bond donors (Lipinski definition) is 2. The second kappa shape index (κ2) is 5.31. The molecule has 0 aromatic carbocycles. The summed E-state index contributed by atoms with van der Waals surface area (Å²) < 4.78 is 1.73. The molecule has 1 aliphatic rings. The van der Waals surface area contributed by atoms with E-state index >= 15 is 0 Å². The largest absolute Gasteiger partial charge is 0.394 e. The normalized spacial score (nSPS) is 18.7.